The molecule has 0 fully saturated rings. The van der Waals surface area contributed by atoms with Crippen LogP contribution in [0.15, 0.2) is 0 Å². The maximum Gasteiger partial charge on any atom is 0.511 e. The van der Waals surface area contributed by atoms with E-state index < -0.39 is 31.1 Å². The van der Waals surface area contributed by atoms with Crippen LogP contribution in [0, 0.1) is 0 Å². The average Bonchev–Trinajstić information content (AvgIpc) is 1.77. The van der Waals surface area contributed by atoms with Gasteiger partial charge in [0.05, 0.1) is 0 Å². The fourth-order valence-corrected chi connectivity index (χ4v) is 0. The van der Waals surface area contributed by atoms with Gasteiger partial charge < -0.3 is 0 Å². The number of primary sulfonamides is 2. The molecule has 0 bridgehead atoms. The Morgan fingerprint density at radius 3 is 0.706 bits per heavy atom. The second kappa shape index (κ2) is 6.27. The van der Waals surface area contributed by atoms with Crippen molar-refractivity contribution in [1.82, 2.24) is 0 Å². The van der Waals surface area contributed by atoms with Crippen LogP contribution >= 0.6 is 0 Å². The monoisotopic (exact) mass is 362 g/mol. The Balaban J connectivity index is -0.000000218. The molecule has 102 valence electrons. The van der Waals surface area contributed by atoms with Gasteiger partial charge in [-0.15, -0.1) is 0 Å². The Kier molecular flexibility index (Phi) is 8.19. The van der Waals surface area contributed by atoms with Crippen LogP contribution in [0.25, 0.3) is 0 Å². The van der Waals surface area contributed by atoms with Crippen molar-refractivity contribution < 1.29 is 62.7 Å². The molecule has 0 aliphatic heterocycles. The van der Waals surface area contributed by atoms with Crippen LogP contribution in [-0.4, -0.2) is 27.9 Å². The van der Waals surface area contributed by atoms with Crippen molar-refractivity contribution in [3.63, 3.8) is 0 Å². The molecule has 0 aromatic heterocycles. The molecule has 0 aliphatic rings. The van der Waals surface area contributed by atoms with Gasteiger partial charge >= 0.3 is 31.1 Å². The minimum absolute atomic E-state index is 0. The molecule has 0 amide bonds. The van der Waals surface area contributed by atoms with Gasteiger partial charge in [-0.3, -0.25) is 0 Å². The van der Waals surface area contributed by atoms with Gasteiger partial charge in [-0.2, -0.15) is 26.3 Å². The van der Waals surface area contributed by atoms with Crippen molar-refractivity contribution in [2.75, 3.05) is 0 Å². The second-order valence-electron chi connectivity index (χ2n) is 1.98. The van der Waals surface area contributed by atoms with E-state index >= 15 is 0 Å². The van der Waals surface area contributed by atoms with Crippen LogP contribution in [0.2, 0.25) is 0 Å². The van der Waals surface area contributed by atoms with E-state index in [1.807, 2.05) is 0 Å². The van der Waals surface area contributed by atoms with Crippen molar-refractivity contribution in [2.24, 2.45) is 10.3 Å². The quantitative estimate of drug-likeness (QED) is 0.449. The van der Waals surface area contributed by atoms with E-state index in [2.05, 4.69) is 10.3 Å². The molecule has 0 aromatic rings. The largest absolute Gasteiger partial charge is 0.511 e. The first kappa shape index (κ1) is 22.2. The number of hydrogen-bond donors (Lipinski definition) is 2. The number of hydrogen-bond acceptors (Lipinski definition) is 4. The number of nitrogens with two attached hydrogens (primary N) is 2. The predicted molar refractivity (Wildman–Crippen MR) is 38.3 cm³/mol. The molecule has 0 rings (SSSR count). The summed E-state index contributed by atoms with van der Waals surface area (Å²) in [5, 5.41) is 7.32. The molecule has 17 heavy (non-hydrogen) atoms. The van der Waals surface area contributed by atoms with E-state index in [4.69, 9.17) is 0 Å². The third kappa shape index (κ3) is 9.70. The number of rotatable bonds is 0. The Labute approximate surface area is 104 Å². The Morgan fingerprint density at radius 2 is 0.706 bits per heavy atom. The topological polar surface area (TPSA) is 120 Å². The van der Waals surface area contributed by atoms with Crippen LogP contribution < -0.4 is 10.3 Å². The zero-order valence-corrected chi connectivity index (χ0v) is 12.2. The summed E-state index contributed by atoms with van der Waals surface area (Å²) in [7, 11) is -10.7. The molecule has 0 atom stereocenters. The Hall–Kier alpha value is 0.0234. The molecule has 4 N–H and O–H groups in total. The Morgan fingerprint density at radius 1 is 0.647 bits per heavy atom. The zero-order valence-electron chi connectivity index (χ0n) is 7.58. The summed E-state index contributed by atoms with van der Waals surface area (Å²) in [5.74, 6) is 0. The molecular weight excluding hydrogens is 360 g/mol. The molecule has 15 heteroatoms. The third-order valence-electron chi connectivity index (χ3n) is 0.645. The molecule has 0 spiro atoms. The number of sulfonamides is 2. The molecule has 0 aliphatic carbocycles. The summed E-state index contributed by atoms with van der Waals surface area (Å²) >= 11 is 0. The van der Waals surface area contributed by atoms with E-state index in [1.165, 1.54) is 0 Å². The molecule has 0 aromatic carbocycles. The normalized spacial score (nSPS) is 13.2. The fraction of sp³-hybridized carbons (Fsp3) is 1.00. The molecule has 0 saturated heterocycles. The van der Waals surface area contributed by atoms with Crippen molar-refractivity contribution in [1.29, 1.82) is 0 Å². The number of halogens is 6. The van der Waals surface area contributed by atoms with E-state index in [9.17, 15) is 43.2 Å². The molecule has 0 heterocycles. The summed E-state index contributed by atoms with van der Waals surface area (Å²) in [6, 6.07) is 0. The maximum atomic E-state index is 10.8. The maximum absolute atomic E-state index is 10.8. The summed E-state index contributed by atoms with van der Waals surface area (Å²) in [5.41, 5.74) is -10.6. The Bertz CT molecular complexity index is 380. The van der Waals surface area contributed by atoms with Gasteiger partial charge in [0.1, 0.15) is 0 Å². The average molecular weight is 364 g/mol. The molecule has 0 saturated carbocycles. The van der Waals surface area contributed by atoms with Gasteiger partial charge in [-0.05, 0) is 0 Å². The van der Waals surface area contributed by atoms with Crippen LogP contribution in [0.3, 0.4) is 0 Å². The molecule has 0 unspecified atom stereocenters. The number of alkyl halides is 6. The van der Waals surface area contributed by atoms with Gasteiger partial charge in [-0.25, -0.2) is 27.1 Å². The van der Waals surface area contributed by atoms with E-state index in [1.54, 1.807) is 0 Å². The summed E-state index contributed by atoms with van der Waals surface area (Å²) in [6.07, 6.45) is 0. The van der Waals surface area contributed by atoms with Crippen molar-refractivity contribution in [2.45, 2.75) is 11.0 Å². The SMILES string of the molecule is NS(=O)(=O)C(F)(F)F.NS(=O)(=O)C(F)(F)F.[Zn]. The van der Waals surface area contributed by atoms with Gasteiger partial charge in [0.2, 0.25) is 0 Å². The predicted octanol–water partition coefficient (Wildman–Crippen LogP) is -0.413. The van der Waals surface area contributed by atoms with E-state index in [0.717, 1.165) is 0 Å². The minimum atomic E-state index is -5.34. The van der Waals surface area contributed by atoms with E-state index in [0.29, 0.717) is 0 Å². The van der Waals surface area contributed by atoms with Gasteiger partial charge in [0.25, 0.3) is 0 Å². The second-order valence-corrected chi connectivity index (χ2v) is 5.09. The standard InChI is InChI=1S/2CH2F3NO2S.Zn/c2*2-1(3,4)8(5,6)7;/h2*(H2,5,6,7);. The smallest absolute Gasteiger partial charge is 0.221 e. The van der Waals surface area contributed by atoms with E-state index in [-0.39, 0.29) is 19.5 Å². The first-order valence-electron chi connectivity index (χ1n) is 2.68. The molecule has 0 radical (unpaired) electrons. The molecular formula is C2H4F6N2O4S2Zn. The third-order valence-corrected chi connectivity index (χ3v) is 1.94. The van der Waals surface area contributed by atoms with Gasteiger partial charge in [0.15, 0.2) is 0 Å². The van der Waals surface area contributed by atoms with Crippen molar-refractivity contribution in [3.05, 3.63) is 0 Å². The minimum Gasteiger partial charge on any atom is -0.221 e. The summed E-state index contributed by atoms with van der Waals surface area (Å²) in [4.78, 5) is 0. The van der Waals surface area contributed by atoms with Crippen molar-refractivity contribution >= 4 is 20.0 Å². The summed E-state index contributed by atoms with van der Waals surface area (Å²) in [6.45, 7) is 0. The van der Waals surface area contributed by atoms with Gasteiger partial charge in [-0.1, -0.05) is 0 Å². The fourth-order valence-electron chi connectivity index (χ4n) is 0. The molecule has 6 nitrogen and oxygen atoms in total. The van der Waals surface area contributed by atoms with Crippen LogP contribution in [0.4, 0.5) is 26.3 Å². The van der Waals surface area contributed by atoms with Crippen molar-refractivity contribution in [3.8, 4) is 0 Å². The van der Waals surface area contributed by atoms with Crippen LogP contribution in [0.5, 0.6) is 0 Å². The van der Waals surface area contributed by atoms with Crippen LogP contribution in [-0.2, 0) is 39.5 Å². The van der Waals surface area contributed by atoms with Crippen LogP contribution in [0.1, 0.15) is 0 Å². The first-order chi connectivity index (χ1) is 6.50. The van der Waals surface area contributed by atoms with Gasteiger partial charge in [0, 0.05) is 19.5 Å². The zero-order chi connectivity index (χ0) is 14.0. The summed E-state index contributed by atoms with van der Waals surface area (Å²) < 4.78 is 102. The first-order valence-corrected chi connectivity index (χ1v) is 5.77.